The highest BCUT2D eigenvalue weighted by Crippen LogP contribution is 2.25. The highest BCUT2D eigenvalue weighted by atomic mass is 19.1. The zero-order valence-electron chi connectivity index (χ0n) is 14.8. The Balaban J connectivity index is 1.44. The number of nitrogens with zero attached hydrogens (tertiary/aromatic N) is 2. The fourth-order valence-electron chi connectivity index (χ4n) is 3.26. The Morgan fingerprint density at radius 1 is 1.22 bits per heavy atom. The van der Waals surface area contributed by atoms with Crippen molar-refractivity contribution in [3.8, 4) is 0 Å². The van der Waals surface area contributed by atoms with Gasteiger partial charge < -0.3 is 10.1 Å². The summed E-state index contributed by atoms with van der Waals surface area (Å²) in [6, 6.07) is 15.8. The first kappa shape index (κ1) is 17.4. The van der Waals surface area contributed by atoms with Gasteiger partial charge in [-0.3, -0.25) is 9.48 Å². The summed E-state index contributed by atoms with van der Waals surface area (Å²) in [6.07, 6.45) is 2.55. The van der Waals surface area contributed by atoms with Crippen LogP contribution in [-0.2, 0) is 17.7 Å². The van der Waals surface area contributed by atoms with E-state index in [1.807, 2.05) is 29.1 Å². The van der Waals surface area contributed by atoms with Gasteiger partial charge in [0, 0.05) is 18.3 Å². The summed E-state index contributed by atoms with van der Waals surface area (Å²) in [7, 11) is 0. The molecule has 0 saturated carbocycles. The summed E-state index contributed by atoms with van der Waals surface area (Å²) in [6.45, 7) is 1.57. The molecule has 1 N–H and O–H groups in total. The zero-order valence-corrected chi connectivity index (χ0v) is 14.8. The van der Waals surface area contributed by atoms with E-state index < -0.39 is 5.82 Å². The molecule has 3 aromatic rings. The fourth-order valence-corrected chi connectivity index (χ4v) is 3.26. The molecule has 2 heterocycles. The number of ether oxygens (including phenoxy) is 1. The van der Waals surface area contributed by atoms with Crippen molar-refractivity contribution in [2.45, 2.75) is 19.1 Å². The maximum absolute atomic E-state index is 13.3. The lowest BCUT2D eigenvalue weighted by Gasteiger charge is -2.22. The minimum Gasteiger partial charge on any atom is -0.370 e. The van der Waals surface area contributed by atoms with E-state index in [2.05, 4.69) is 22.5 Å². The molecule has 0 bridgehead atoms. The lowest BCUT2D eigenvalue weighted by molar-refractivity contribution is 0.0383. The highest BCUT2D eigenvalue weighted by molar-refractivity contribution is 5.94. The van der Waals surface area contributed by atoms with Crippen molar-refractivity contribution < 1.29 is 13.9 Å². The van der Waals surface area contributed by atoms with Crippen LogP contribution in [0.2, 0.25) is 0 Å². The summed E-state index contributed by atoms with van der Waals surface area (Å²) < 4.78 is 21.0. The number of rotatable bonds is 5. The molecule has 0 spiro atoms. The molecule has 6 heteroatoms. The molecule has 4 rings (SSSR count). The smallest absolute Gasteiger partial charge is 0.251 e. The van der Waals surface area contributed by atoms with Gasteiger partial charge in [0.05, 0.1) is 18.8 Å². The van der Waals surface area contributed by atoms with Crippen LogP contribution in [0.4, 0.5) is 4.39 Å². The van der Waals surface area contributed by atoms with E-state index >= 15 is 0 Å². The predicted octanol–water partition coefficient (Wildman–Crippen LogP) is 3.11. The summed E-state index contributed by atoms with van der Waals surface area (Å²) >= 11 is 0. The second-order valence-corrected chi connectivity index (χ2v) is 6.55. The van der Waals surface area contributed by atoms with Crippen LogP contribution in [0.25, 0.3) is 0 Å². The van der Waals surface area contributed by atoms with Gasteiger partial charge in [-0.25, -0.2) is 4.39 Å². The minimum absolute atomic E-state index is 0.292. The van der Waals surface area contributed by atoms with Gasteiger partial charge in [-0.1, -0.05) is 36.4 Å². The Kier molecular flexibility index (Phi) is 4.98. The molecule has 0 saturated heterocycles. The normalized spacial score (nSPS) is 16.0. The molecule has 138 valence electrons. The molecule has 0 aliphatic carbocycles. The number of aromatic nitrogens is 2. The van der Waals surface area contributed by atoms with Gasteiger partial charge in [0.15, 0.2) is 0 Å². The molecule has 1 aliphatic rings. The number of carbonyl (C=O) groups excluding carboxylic acids is 1. The molecule has 1 unspecified atom stereocenters. The summed E-state index contributed by atoms with van der Waals surface area (Å²) in [4.78, 5) is 12.2. The molecule has 0 fully saturated rings. The molecule has 1 aromatic heterocycles. The number of halogens is 1. The molecule has 1 atom stereocenters. The van der Waals surface area contributed by atoms with Crippen LogP contribution in [0.5, 0.6) is 0 Å². The maximum atomic E-state index is 13.3. The third-order valence-corrected chi connectivity index (χ3v) is 4.59. The van der Waals surface area contributed by atoms with Crippen molar-refractivity contribution in [2.24, 2.45) is 0 Å². The van der Waals surface area contributed by atoms with E-state index in [1.54, 1.807) is 6.07 Å². The van der Waals surface area contributed by atoms with Crippen LogP contribution >= 0.6 is 0 Å². The summed E-state index contributed by atoms with van der Waals surface area (Å²) in [5, 5.41) is 7.49. The molecule has 2 aromatic carbocycles. The standard InChI is InChI=1S/C21H20FN3O2/c22-18-8-4-7-16(11-18)21(26)23-12-19-20-17(9-10-27-19)14-25(24-20)13-15-5-2-1-3-6-15/h1-8,11,14,19H,9-10,12-13H2,(H,23,26). The van der Waals surface area contributed by atoms with E-state index in [1.165, 1.54) is 23.8 Å². The number of benzene rings is 2. The Morgan fingerprint density at radius 3 is 2.89 bits per heavy atom. The third-order valence-electron chi connectivity index (χ3n) is 4.59. The Morgan fingerprint density at radius 2 is 2.07 bits per heavy atom. The van der Waals surface area contributed by atoms with E-state index in [0.29, 0.717) is 25.3 Å². The molecule has 5 nitrogen and oxygen atoms in total. The largest absolute Gasteiger partial charge is 0.370 e. The highest BCUT2D eigenvalue weighted by Gasteiger charge is 2.25. The van der Waals surface area contributed by atoms with E-state index in [-0.39, 0.29) is 12.0 Å². The molecular weight excluding hydrogens is 345 g/mol. The third kappa shape index (κ3) is 4.06. The topological polar surface area (TPSA) is 56.1 Å². The maximum Gasteiger partial charge on any atom is 0.251 e. The van der Waals surface area contributed by atoms with Gasteiger partial charge in [-0.15, -0.1) is 0 Å². The summed E-state index contributed by atoms with van der Waals surface area (Å²) in [5.41, 5.74) is 3.47. The monoisotopic (exact) mass is 365 g/mol. The lowest BCUT2D eigenvalue weighted by atomic mass is 10.1. The second kappa shape index (κ2) is 7.72. The fraction of sp³-hybridized carbons (Fsp3) is 0.238. The number of fused-ring (bicyclic) bond motifs is 1. The number of nitrogens with one attached hydrogen (secondary N) is 1. The Labute approximate surface area is 156 Å². The first-order valence-corrected chi connectivity index (χ1v) is 8.94. The van der Waals surface area contributed by atoms with Crippen molar-refractivity contribution in [1.82, 2.24) is 15.1 Å². The van der Waals surface area contributed by atoms with Crippen LogP contribution < -0.4 is 5.32 Å². The molecule has 27 heavy (non-hydrogen) atoms. The van der Waals surface area contributed by atoms with E-state index in [4.69, 9.17) is 4.74 Å². The number of carbonyl (C=O) groups is 1. The quantitative estimate of drug-likeness (QED) is 0.756. The average molecular weight is 365 g/mol. The van der Waals surface area contributed by atoms with Gasteiger partial charge in [-0.05, 0) is 35.7 Å². The molecule has 1 amide bonds. The first-order valence-electron chi connectivity index (χ1n) is 8.94. The van der Waals surface area contributed by atoms with Crippen LogP contribution in [0.3, 0.4) is 0 Å². The van der Waals surface area contributed by atoms with Crippen molar-refractivity contribution in [2.75, 3.05) is 13.2 Å². The van der Waals surface area contributed by atoms with Crippen molar-refractivity contribution in [3.63, 3.8) is 0 Å². The minimum atomic E-state index is -0.432. The van der Waals surface area contributed by atoms with Gasteiger partial charge in [0.1, 0.15) is 11.9 Å². The SMILES string of the molecule is O=C(NCC1OCCc2cn(Cc3ccccc3)nc21)c1cccc(F)c1. The predicted molar refractivity (Wildman–Crippen MR) is 98.9 cm³/mol. The van der Waals surface area contributed by atoms with Crippen LogP contribution in [0.15, 0.2) is 60.8 Å². The Hall–Kier alpha value is -2.99. The number of amides is 1. The van der Waals surface area contributed by atoms with Gasteiger partial charge in [0.25, 0.3) is 5.91 Å². The van der Waals surface area contributed by atoms with E-state index in [9.17, 15) is 9.18 Å². The van der Waals surface area contributed by atoms with Crippen LogP contribution in [0, 0.1) is 5.82 Å². The second-order valence-electron chi connectivity index (χ2n) is 6.55. The van der Waals surface area contributed by atoms with Crippen molar-refractivity contribution in [3.05, 3.63) is 89.0 Å². The average Bonchev–Trinajstić information content (AvgIpc) is 3.10. The lowest BCUT2D eigenvalue weighted by Crippen LogP contribution is -2.32. The van der Waals surface area contributed by atoms with Crippen molar-refractivity contribution >= 4 is 5.91 Å². The number of hydrogen-bond acceptors (Lipinski definition) is 3. The number of hydrogen-bond donors (Lipinski definition) is 1. The molecule has 0 radical (unpaired) electrons. The molecule has 1 aliphatic heterocycles. The van der Waals surface area contributed by atoms with Crippen molar-refractivity contribution in [1.29, 1.82) is 0 Å². The van der Waals surface area contributed by atoms with Crippen LogP contribution in [0.1, 0.15) is 33.3 Å². The summed E-state index contributed by atoms with van der Waals surface area (Å²) in [5.74, 6) is -0.757. The van der Waals surface area contributed by atoms with Gasteiger partial charge in [0.2, 0.25) is 0 Å². The molecular formula is C21H20FN3O2. The van der Waals surface area contributed by atoms with Gasteiger partial charge >= 0.3 is 0 Å². The Bertz CT molecular complexity index is 940. The van der Waals surface area contributed by atoms with Crippen LogP contribution in [-0.4, -0.2) is 28.8 Å². The first-order chi connectivity index (χ1) is 13.2. The van der Waals surface area contributed by atoms with E-state index in [0.717, 1.165) is 17.7 Å². The zero-order chi connectivity index (χ0) is 18.6. The van der Waals surface area contributed by atoms with Gasteiger partial charge in [-0.2, -0.15) is 5.10 Å².